The molecule has 0 bridgehead atoms. The Labute approximate surface area is 119 Å². The van der Waals surface area contributed by atoms with Crippen LogP contribution >= 0.6 is 11.6 Å². The van der Waals surface area contributed by atoms with Crippen molar-refractivity contribution in [3.8, 4) is 5.75 Å². The van der Waals surface area contributed by atoms with Gasteiger partial charge in [0.1, 0.15) is 12.4 Å². The van der Waals surface area contributed by atoms with Gasteiger partial charge in [-0.05, 0) is 12.1 Å². The maximum Gasteiger partial charge on any atom is 0.191 e. The van der Waals surface area contributed by atoms with E-state index in [1.54, 1.807) is 20.2 Å². The largest absolute Gasteiger partial charge is 0.490 e. The number of ether oxygens (including phenoxy) is 2. The van der Waals surface area contributed by atoms with Gasteiger partial charge in [0.05, 0.1) is 18.2 Å². The van der Waals surface area contributed by atoms with E-state index in [9.17, 15) is 0 Å². The molecule has 106 valence electrons. The quantitative estimate of drug-likeness (QED) is 0.453. The molecule has 0 amide bonds. The first-order valence-corrected chi connectivity index (χ1v) is 6.46. The lowest BCUT2D eigenvalue weighted by atomic mass is 10.3. The number of hydrogen-bond donors (Lipinski definition) is 2. The molecule has 19 heavy (non-hydrogen) atoms. The minimum absolute atomic E-state index is 0.509. The normalized spacial score (nSPS) is 11.2. The van der Waals surface area contributed by atoms with Crippen LogP contribution in [-0.2, 0) is 4.74 Å². The van der Waals surface area contributed by atoms with Crippen molar-refractivity contribution in [2.45, 2.75) is 0 Å². The van der Waals surface area contributed by atoms with E-state index >= 15 is 0 Å². The maximum atomic E-state index is 5.98. The van der Waals surface area contributed by atoms with Crippen LogP contribution in [-0.4, -0.2) is 46.4 Å². The number of rotatable bonds is 7. The Hall–Kier alpha value is -1.46. The molecular formula is C13H20ClN3O2. The van der Waals surface area contributed by atoms with Crippen LogP contribution in [0.3, 0.4) is 0 Å². The molecule has 1 rings (SSSR count). The molecule has 0 saturated heterocycles. The van der Waals surface area contributed by atoms with Crippen molar-refractivity contribution >= 4 is 17.6 Å². The van der Waals surface area contributed by atoms with Gasteiger partial charge in [-0.15, -0.1) is 0 Å². The van der Waals surface area contributed by atoms with Gasteiger partial charge in [-0.25, -0.2) is 0 Å². The number of nitrogens with one attached hydrogen (secondary N) is 2. The fourth-order valence-electron chi connectivity index (χ4n) is 1.38. The van der Waals surface area contributed by atoms with Gasteiger partial charge in [-0.3, -0.25) is 4.99 Å². The molecule has 0 radical (unpaired) electrons. The zero-order valence-electron chi connectivity index (χ0n) is 11.3. The third kappa shape index (κ3) is 6.31. The lowest BCUT2D eigenvalue weighted by molar-refractivity contribution is 0.203. The fourth-order valence-corrected chi connectivity index (χ4v) is 1.57. The predicted molar refractivity (Wildman–Crippen MR) is 78.2 cm³/mol. The summed E-state index contributed by atoms with van der Waals surface area (Å²) in [6.45, 7) is 2.49. The molecule has 0 aliphatic heterocycles. The van der Waals surface area contributed by atoms with Crippen LogP contribution in [0.2, 0.25) is 5.02 Å². The summed E-state index contributed by atoms with van der Waals surface area (Å²) in [6, 6.07) is 7.40. The molecule has 2 N–H and O–H groups in total. The molecule has 0 aliphatic rings. The van der Waals surface area contributed by atoms with Gasteiger partial charge in [0.25, 0.3) is 0 Å². The summed E-state index contributed by atoms with van der Waals surface area (Å²) in [4.78, 5) is 4.08. The van der Waals surface area contributed by atoms with Crippen molar-refractivity contribution in [3.63, 3.8) is 0 Å². The van der Waals surface area contributed by atoms with Crippen molar-refractivity contribution in [3.05, 3.63) is 29.3 Å². The summed E-state index contributed by atoms with van der Waals surface area (Å²) < 4.78 is 10.5. The Balaban J connectivity index is 2.21. The number of para-hydroxylation sites is 1. The fraction of sp³-hybridized carbons (Fsp3) is 0.462. The van der Waals surface area contributed by atoms with Gasteiger partial charge in [-0.2, -0.15) is 0 Å². The molecule has 0 aliphatic carbocycles. The Morgan fingerprint density at radius 1 is 1.21 bits per heavy atom. The van der Waals surface area contributed by atoms with Crippen molar-refractivity contribution in [1.29, 1.82) is 0 Å². The first kappa shape index (κ1) is 15.6. The van der Waals surface area contributed by atoms with E-state index in [0.29, 0.717) is 37.1 Å². The van der Waals surface area contributed by atoms with Crippen LogP contribution in [0.1, 0.15) is 0 Å². The predicted octanol–water partition coefficient (Wildman–Crippen LogP) is 1.53. The first-order valence-electron chi connectivity index (χ1n) is 6.08. The van der Waals surface area contributed by atoms with Crippen LogP contribution in [0.15, 0.2) is 29.3 Å². The average molecular weight is 286 g/mol. The lowest BCUT2D eigenvalue weighted by Gasteiger charge is -2.12. The van der Waals surface area contributed by atoms with Gasteiger partial charge in [0.2, 0.25) is 0 Å². The summed E-state index contributed by atoms with van der Waals surface area (Å²) in [6.07, 6.45) is 0. The molecule has 5 nitrogen and oxygen atoms in total. The van der Waals surface area contributed by atoms with Gasteiger partial charge in [0, 0.05) is 20.7 Å². The van der Waals surface area contributed by atoms with E-state index in [4.69, 9.17) is 21.1 Å². The molecule has 6 heteroatoms. The van der Waals surface area contributed by atoms with Crippen molar-refractivity contribution in [2.24, 2.45) is 4.99 Å². The van der Waals surface area contributed by atoms with Crippen LogP contribution in [0.5, 0.6) is 5.75 Å². The van der Waals surface area contributed by atoms with Crippen LogP contribution < -0.4 is 15.4 Å². The number of nitrogens with zero attached hydrogens (tertiary/aromatic N) is 1. The van der Waals surface area contributed by atoms with Gasteiger partial charge >= 0.3 is 0 Å². The summed E-state index contributed by atoms with van der Waals surface area (Å²) in [5.74, 6) is 1.41. The van der Waals surface area contributed by atoms with E-state index < -0.39 is 0 Å². The standard InChI is InChI=1S/C13H20ClN3O2/c1-15-13(16-7-9-18-2)17-8-10-19-12-6-4-3-5-11(12)14/h3-6H,7-10H2,1-2H3,(H2,15,16,17). The van der Waals surface area contributed by atoms with E-state index in [0.717, 1.165) is 5.96 Å². The molecule has 0 atom stereocenters. The van der Waals surface area contributed by atoms with Gasteiger partial charge in [0.15, 0.2) is 5.96 Å². The van der Waals surface area contributed by atoms with Crippen LogP contribution in [0.4, 0.5) is 0 Å². The van der Waals surface area contributed by atoms with E-state index in [1.807, 2.05) is 18.2 Å². The smallest absolute Gasteiger partial charge is 0.191 e. The van der Waals surface area contributed by atoms with Crippen molar-refractivity contribution in [2.75, 3.05) is 40.5 Å². The third-order valence-electron chi connectivity index (χ3n) is 2.31. The zero-order valence-corrected chi connectivity index (χ0v) is 12.0. The van der Waals surface area contributed by atoms with E-state index in [2.05, 4.69) is 15.6 Å². The summed E-state index contributed by atoms with van der Waals surface area (Å²) >= 11 is 5.98. The molecule has 1 aromatic rings. The number of halogens is 1. The molecule has 0 aromatic heterocycles. The second-order valence-electron chi connectivity index (χ2n) is 3.70. The monoisotopic (exact) mass is 285 g/mol. The molecular weight excluding hydrogens is 266 g/mol. The van der Waals surface area contributed by atoms with Crippen molar-refractivity contribution in [1.82, 2.24) is 10.6 Å². The lowest BCUT2D eigenvalue weighted by Crippen LogP contribution is -2.40. The molecule has 0 saturated carbocycles. The van der Waals surface area contributed by atoms with Gasteiger partial charge in [-0.1, -0.05) is 23.7 Å². The number of guanidine groups is 1. The minimum Gasteiger partial charge on any atom is -0.490 e. The average Bonchev–Trinajstić information content (AvgIpc) is 2.43. The van der Waals surface area contributed by atoms with E-state index in [-0.39, 0.29) is 0 Å². The highest BCUT2D eigenvalue weighted by atomic mass is 35.5. The van der Waals surface area contributed by atoms with E-state index in [1.165, 1.54) is 0 Å². The Morgan fingerprint density at radius 3 is 2.53 bits per heavy atom. The number of aliphatic imine (C=N–C) groups is 1. The second kappa shape index (κ2) is 9.47. The highest BCUT2D eigenvalue weighted by Crippen LogP contribution is 2.22. The zero-order chi connectivity index (χ0) is 13.9. The summed E-state index contributed by atoms with van der Waals surface area (Å²) in [5.41, 5.74) is 0. The first-order chi connectivity index (χ1) is 9.27. The van der Waals surface area contributed by atoms with Gasteiger partial charge < -0.3 is 20.1 Å². The molecule has 0 spiro atoms. The van der Waals surface area contributed by atoms with Crippen LogP contribution in [0.25, 0.3) is 0 Å². The number of methoxy groups -OCH3 is 1. The highest BCUT2D eigenvalue weighted by Gasteiger charge is 2.00. The Morgan fingerprint density at radius 2 is 1.89 bits per heavy atom. The molecule has 1 aromatic carbocycles. The molecule has 0 fully saturated rings. The molecule has 0 heterocycles. The minimum atomic E-state index is 0.509. The third-order valence-corrected chi connectivity index (χ3v) is 2.62. The maximum absolute atomic E-state index is 5.98. The highest BCUT2D eigenvalue weighted by molar-refractivity contribution is 6.32. The van der Waals surface area contributed by atoms with Crippen molar-refractivity contribution < 1.29 is 9.47 Å². The summed E-state index contributed by atoms with van der Waals surface area (Å²) in [7, 11) is 3.38. The Bertz CT molecular complexity index is 399. The second-order valence-corrected chi connectivity index (χ2v) is 4.10. The Kier molecular flexibility index (Phi) is 7.77. The number of hydrogen-bond acceptors (Lipinski definition) is 3. The summed E-state index contributed by atoms with van der Waals surface area (Å²) in [5, 5.41) is 6.86. The molecule has 0 unspecified atom stereocenters. The SMILES string of the molecule is CN=C(NCCOC)NCCOc1ccccc1Cl. The topological polar surface area (TPSA) is 54.9 Å². The number of benzene rings is 1. The van der Waals surface area contributed by atoms with Crippen LogP contribution in [0, 0.1) is 0 Å².